The highest BCUT2D eigenvalue weighted by Gasteiger charge is 2.00. The van der Waals surface area contributed by atoms with Gasteiger partial charge in [0.25, 0.3) is 0 Å². The highest BCUT2D eigenvalue weighted by molar-refractivity contribution is 5.33. The summed E-state index contributed by atoms with van der Waals surface area (Å²) in [5.74, 6) is 0.919. The minimum Gasteiger partial charge on any atom is -0.496 e. The summed E-state index contributed by atoms with van der Waals surface area (Å²) in [6.07, 6.45) is 0.852. The summed E-state index contributed by atoms with van der Waals surface area (Å²) in [5.41, 5.74) is 3.80. The van der Waals surface area contributed by atoms with E-state index in [1.165, 1.54) is 5.56 Å². The Hall–Kier alpha value is -1.06. The fourth-order valence-corrected chi connectivity index (χ4v) is 1.17. The molecule has 0 amide bonds. The molecule has 0 aliphatic heterocycles. The van der Waals surface area contributed by atoms with Crippen molar-refractivity contribution in [1.29, 1.82) is 0 Å². The maximum Gasteiger partial charge on any atom is 0.122 e. The summed E-state index contributed by atoms with van der Waals surface area (Å²) in [4.78, 5) is 5.03. The molecule has 0 saturated carbocycles. The molecule has 3 nitrogen and oxygen atoms in total. The van der Waals surface area contributed by atoms with E-state index in [0.29, 0.717) is 6.61 Å². The topological polar surface area (TPSA) is 30.5 Å². The first-order valence-corrected chi connectivity index (χ1v) is 4.29. The molecule has 0 aromatic heterocycles. The van der Waals surface area contributed by atoms with Gasteiger partial charge < -0.3 is 9.57 Å². The number of hydroxylamine groups is 1. The fraction of sp³-hybridized carbons (Fsp3) is 0.400. The van der Waals surface area contributed by atoms with E-state index in [4.69, 9.17) is 9.57 Å². The third kappa shape index (κ3) is 3.05. The first-order valence-electron chi connectivity index (χ1n) is 4.29. The van der Waals surface area contributed by atoms with Crippen LogP contribution in [0, 0.1) is 0 Å². The van der Waals surface area contributed by atoms with Crippen LogP contribution in [0.3, 0.4) is 0 Å². The molecule has 0 bridgehead atoms. The predicted octanol–water partition coefficient (Wildman–Crippen LogP) is 1.39. The zero-order chi connectivity index (χ0) is 9.52. The molecule has 0 spiro atoms. The van der Waals surface area contributed by atoms with Crippen LogP contribution >= 0.6 is 0 Å². The van der Waals surface area contributed by atoms with Crippen molar-refractivity contribution in [3.8, 4) is 5.75 Å². The van der Waals surface area contributed by atoms with Crippen molar-refractivity contribution in [2.24, 2.45) is 0 Å². The molecule has 1 N–H and O–H groups in total. The second-order valence-corrected chi connectivity index (χ2v) is 2.61. The molecule has 0 saturated heterocycles. The van der Waals surface area contributed by atoms with E-state index in [-0.39, 0.29) is 0 Å². The van der Waals surface area contributed by atoms with Gasteiger partial charge in [0.2, 0.25) is 0 Å². The van der Waals surface area contributed by atoms with Crippen LogP contribution in [0.25, 0.3) is 0 Å². The quantitative estimate of drug-likeness (QED) is 0.550. The SMILES string of the molecule is CNOCCc1ccccc1OC. The number of benzene rings is 1. The molecule has 0 atom stereocenters. The minimum absolute atomic E-state index is 0.650. The summed E-state index contributed by atoms with van der Waals surface area (Å²) in [5, 5.41) is 0. The number of hydrogen-bond donors (Lipinski definition) is 1. The molecular weight excluding hydrogens is 166 g/mol. The van der Waals surface area contributed by atoms with Gasteiger partial charge in [-0.15, -0.1) is 0 Å². The van der Waals surface area contributed by atoms with E-state index in [1.807, 2.05) is 24.3 Å². The van der Waals surface area contributed by atoms with Gasteiger partial charge in [-0.2, -0.15) is 0 Å². The molecular formula is C10H15NO2. The van der Waals surface area contributed by atoms with E-state index in [2.05, 4.69) is 5.48 Å². The lowest BCUT2D eigenvalue weighted by Crippen LogP contribution is -2.10. The Morgan fingerprint density at radius 1 is 1.31 bits per heavy atom. The van der Waals surface area contributed by atoms with Gasteiger partial charge in [-0.25, -0.2) is 5.48 Å². The Morgan fingerprint density at radius 2 is 2.08 bits per heavy atom. The molecule has 72 valence electrons. The highest BCUT2D eigenvalue weighted by Crippen LogP contribution is 2.17. The van der Waals surface area contributed by atoms with Crippen LogP contribution in [-0.4, -0.2) is 20.8 Å². The van der Waals surface area contributed by atoms with Crippen molar-refractivity contribution in [1.82, 2.24) is 5.48 Å². The normalized spacial score (nSPS) is 10.0. The highest BCUT2D eigenvalue weighted by atomic mass is 16.6. The van der Waals surface area contributed by atoms with Crippen LogP contribution < -0.4 is 10.2 Å². The summed E-state index contributed by atoms with van der Waals surface area (Å²) in [7, 11) is 3.43. The van der Waals surface area contributed by atoms with Crippen molar-refractivity contribution >= 4 is 0 Å². The average Bonchev–Trinajstić information content (AvgIpc) is 2.19. The lowest BCUT2D eigenvalue weighted by Gasteiger charge is -2.07. The van der Waals surface area contributed by atoms with Gasteiger partial charge in [0.05, 0.1) is 13.7 Å². The number of hydrogen-bond acceptors (Lipinski definition) is 3. The third-order valence-corrected chi connectivity index (χ3v) is 1.81. The van der Waals surface area contributed by atoms with E-state index >= 15 is 0 Å². The van der Waals surface area contributed by atoms with Gasteiger partial charge in [0.15, 0.2) is 0 Å². The molecule has 1 rings (SSSR count). The first kappa shape index (κ1) is 10.0. The summed E-state index contributed by atoms with van der Waals surface area (Å²) < 4.78 is 5.20. The van der Waals surface area contributed by atoms with Crippen LogP contribution in [0.1, 0.15) is 5.56 Å². The second-order valence-electron chi connectivity index (χ2n) is 2.61. The van der Waals surface area contributed by atoms with Gasteiger partial charge in [-0.1, -0.05) is 18.2 Å². The minimum atomic E-state index is 0.650. The molecule has 3 heteroatoms. The Kier molecular flexibility index (Phi) is 4.29. The van der Waals surface area contributed by atoms with Crippen LogP contribution in [0.4, 0.5) is 0 Å². The average molecular weight is 181 g/mol. The van der Waals surface area contributed by atoms with Crippen molar-refractivity contribution in [3.05, 3.63) is 29.8 Å². The number of methoxy groups -OCH3 is 1. The smallest absolute Gasteiger partial charge is 0.122 e. The van der Waals surface area contributed by atoms with Gasteiger partial charge in [-0.3, -0.25) is 0 Å². The van der Waals surface area contributed by atoms with Crippen LogP contribution in [-0.2, 0) is 11.3 Å². The van der Waals surface area contributed by atoms with Crippen LogP contribution in [0.5, 0.6) is 5.75 Å². The van der Waals surface area contributed by atoms with E-state index in [9.17, 15) is 0 Å². The van der Waals surface area contributed by atoms with Crippen molar-refractivity contribution < 1.29 is 9.57 Å². The van der Waals surface area contributed by atoms with Gasteiger partial charge in [0, 0.05) is 13.5 Å². The van der Waals surface area contributed by atoms with Crippen molar-refractivity contribution in [2.45, 2.75) is 6.42 Å². The molecule has 0 aliphatic rings. The van der Waals surface area contributed by atoms with E-state index in [1.54, 1.807) is 14.2 Å². The zero-order valence-corrected chi connectivity index (χ0v) is 8.04. The molecule has 1 aromatic carbocycles. The maximum absolute atomic E-state index is 5.20. The van der Waals surface area contributed by atoms with E-state index in [0.717, 1.165) is 12.2 Å². The molecule has 0 unspecified atom stereocenters. The monoisotopic (exact) mass is 181 g/mol. The first-order chi connectivity index (χ1) is 6.38. The molecule has 0 radical (unpaired) electrons. The Bertz CT molecular complexity index is 250. The predicted molar refractivity (Wildman–Crippen MR) is 51.7 cm³/mol. The van der Waals surface area contributed by atoms with Crippen molar-refractivity contribution in [3.63, 3.8) is 0 Å². The summed E-state index contributed by atoms with van der Waals surface area (Å²) >= 11 is 0. The largest absolute Gasteiger partial charge is 0.496 e. The van der Waals surface area contributed by atoms with Crippen LogP contribution in [0.15, 0.2) is 24.3 Å². The number of rotatable bonds is 5. The molecule has 13 heavy (non-hydrogen) atoms. The maximum atomic E-state index is 5.20. The van der Waals surface area contributed by atoms with Gasteiger partial charge in [-0.05, 0) is 11.6 Å². The number of para-hydroxylation sites is 1. The third-order valence-electron chi connectivity index (χ3n) is 1.81. The number of nitrogens with one attached hydrogen (secondary N) is 1. The standard InChI is InChI=1S/C10H15NO2/c1-11-13-8-7-9-5-3-4-6-10(9)12-2/h3-6,11H,7-8H2,1-2H3. The summed E-state index contributed by atoms with van der Waals surface area (Å²) in [6.45, 7) is 0.650. The molecule has 0 fully saturated rings. The Labute approximate surface area is 78.6 Å². The lowest BCUT2D eigenvalue weighted by molar-refractivity contribution is 0.0601. The Balaban J connectivity index is 2.54. The molecule has 1 aromatic rings. The fourth-order valence-electron chi connectivity index (χ4n) is 1.17. The summed E-state index contributed by atoms with van der Waals surface area (Å²) in [6, 6.07) is 7.95. The second kappa shape index (κ2) is 5.56. The molecule has 0 heterocycles. The van der Waals surface area contributed by atoms with E-state index < -0.39 is 0 Å². The molecule has 0 aliphatic carbocycles. The van der Waals surface area contributed by atoms with Gasteiger partial charge in [0.1, 0.15) is 5.75 Å². The number of ether oxygens (including phenoxy) is 1. The lowest BCUT2D eigenvalue weighted by atomic mass is 10.1. The van der Waals surface area contributed by atoms with Crippen LogP contribution in [0.2, 0.25) is 0 Å². The Morgan fingerprint density at radius 3 is 2.77 bits per heavy atom. The van der Waals surface area contributed by atoms with Gasteiger partial charge >= 0.3 is 0 Å². The zero-order valence-electron chi connectivity index (χ0n) is 8.04. The van der Waals surface area contributed by atoms with Crippen molar-refractivity contribution in [2.75, 3.05) is 20.8 Å².